The predicted molar refractivity (Wildman–Crippen MR) is 91.1 cm³/mol. The molecule has 0 radical (unpaired) electrons. The predicted octanol–water partition coefficient (Wildman–Crippen LogP) is 4.45. The number of amidine groups is 1. The van der Waals surface area contributed by atoms with Crippen LogP contribution in [0.3, 0.4) is 0 Å². The summed E-state index contributed by atoms with van der Waals surface area (Å²) in [5.74, 6) is 1.14. The third-order valence-electron chi connectivity index (χ3n) is 4.53. The Balaban J connectivity index is 1.62. The number of hydrogen-bond acceptors (Lipinski definition) is 4. The molecule has 0 amide bonds. The quantitative estimate of drug-likeness (QED) is 0.845. The monoisotopic (exact) mass is 297 g/mol. The fourth-order valence-electron chi connectivity index (χ4n) is 3.35. The number of nitrogens with one attached hydrogen (secondary N) is 1. The molecule has 0 bridgehead atoms. The van der Waals surface area contributed by atoms with Gasteiger partial charge in [0.1, 0.15) is 0 Å². The number of aliphatic imine (C=N–C) groups is 1. The minimum atomic E-state index is 0.216. The number of rotatable bonds is 1. The van der Waals surface area contributed by atoms with E-state index in [-0.39, 0.29) is 5.54 Å². The Morgan fingerprint density at radius 1 is 1.10 bits per heavy atom. The van der Waals surface area contributed by atoms with Crippen molar-refractivity contribution in [1.82, 2.24) is 4.98 Å². The molecule has 21 heavy (non-hydrogen) atoms. The summed E-state index contributed by atoms with van der Waals surface area (Å²) in [6.07, 6.45) is 10.3. The van der Waals surface area contributed by atoms with E-state index >= 15 is 0 Å². The lowest BCUT2D eigenvalue weighted by Crippen LogP contribution is -2.29. The Kier molecular flexibility index (Phi) is 3.34. The van der Waals surface area contributed by atoms with Crippen LogP contribution < -0.4 is 5.32 Å². The molecule has 108 valence electrons. The molecule has 4 rings (SSSR count). The van der Waals surface area contributed by atoms with Crippen LogP contribution >= 0.6 is 11.8 Å². The minimum absolute atomic E-state index is 0.216. The average Bonchev–Trinajstić information content (AvgIpc) is 2.91. The van der Waals surface area contributed by atoms with E-state index in [1.54, 1.807) is 0 Å². The molecule has 2 aromatic rings. The first kappa shape index (κ1) is 13.1. The van der Waals surface area contributed by atoms with Crippen LogP contribution in [0.1, 0.15) is 32.1 Å². The lowest BCUT2D eigenvalue weighted by Gasteiger charge is -2.29. The first-order chi connectivity index (χ1) is 10.3. The Hall–Kier alpha value is -1.55. The third-order valence-corrected chi connectivity index (χ3v) is 5.67. The maximum absolute atomic E-state index is 5.03. The van der Waals surface area contributed by atoms with E-state index in [2.05, 4.69) is 28.5 Å². The van der Waals surface area contributed by atoms with Gasteiger partial charge in [-0.15, -0.1) is 0 Å². The van der Waals surface area contributed by atoms with Crippen molar-refractivity contribution < 1.29 is 0 Å². The topological polar surface area (TPSA) is 37.3 Å². The highest BCUT2D eigenvalue weighted by molar-refractivity contribution is 8.14. The molecule has 4 heteroatoms. The summed E-state index contributed by atoms with van der Waals surface area (Å²) in [7, 11) is 0. The Morgan fingerprint density at radius 3 is 2.90 bits per heavy atom. The average molecular weight is 297 g/mol. The summed E-state index contributed by atoms with van der Waals surface area (Å²) in [6.45, 7) is 0. The molecule has 1 fully saturated rings. The van der Waals surface area contributed by atoms with Gasteiger partial charge in [0.05, 0.1) is 5.54 Å². The molecule has 1 N–H and O–H groups in total. The third kappa shape index (κ3) is 2.53. The molecule has 2 heterocycles. The maximum Gasteiger partial charge on any atom is 0.161 e. The number of aromatic nitrogens is 1. The molecule has 1 aromatic heterocycles. The number of nitrogens with zero attached hydrogens (tertiary/aromatic N) is 2. The standard InChI is InChI=1S/C17H19N3S/c1-2-8-17(9-3-1)12-21-16(20-17)19-15-6-4-5-13-7-10-18-11-14(13)15/h4-7,10-11H,1-3,8-9,12H2,(H,19,20). The minimum Gasteiger partial charge on any atom is -0.334 e. The van der Waals surface area contributed by atoms with Crippen molar-refractivity contribution in [3.8, 4) is 0 Å². The summed E-state index contributed by atoms with van der Waals surface area (Å²) in [4.78, 5) is 9.27. The molecule has 1 spiro atoms. The van der Waals surface area contributed by atoms with Crippen LogP contribution in [0.5, 0.6) is 0 Å². The van der Waals surface area contributed by atoms with E-state index in [1.807, 2.05) is 30.2 Å². The summed E-state index contributed by atoms with van der Waals surface area (Å²) in [5, 5.41) is 6.98. The molecule has 0 unspecified atom stereocenters. The van der Waals surface area contributed by atoms with Gasteiger partial charge in [-0.25, -0.2) is 0 Å². The fraction of sp³-hybridized carbons (Fsp3) is 0.412. The molecule has 1 aliphatic carbocycles. The second-order valence-corrected chi connectivity index (χ2v) is 6.98. The lowest BCUT2D eigenvalue weighted by atomic mass is 9.84. The van der Waals surface area contributed by atoms with Crippen LogP contribution in [0, 0.1) is 0 Å². The van der Waals surface area contributed by atoms with Gasteiger partial charge in [-0.3, -0.25) is 9.98 Å². The zero-order valence-electron chi connectivity index (χ0n) is 12.0. The number of hydrogen-bond donors (Lipinski definition) is 1. The number of thioether (sulfide) groups is 1. The Morgan fingerprint density at radius 2 is 2.00 bits per heavy atom. The first-order valence-electron chi connectivity index (χ1n) is 7.67. The zero-order valence-corrected chi connectivity index (χ0v) is 12.8. The normalized spacial score (nSPS) is 20.7. The highest BCUT2D eigenvalue weighted by atomic mass is 32.2. The fourth-order valence-corrected chi connectivity index (χ4v) is 4.55. The summed E-state index contributed by atoms with van der Waals surface area (Å²) in [6, 6.07) is 8.36. The molecule has 3 nitrogen and oxygen atoms in total. The number of fused-ring (bicyclic) bond motifs is 1. The van der Waals surface area contributed by atoms with E-state index in [1.165, 1.54) is 37.5 Å². The van der Waals surface area contributed by atoms with Crippen LogP contribution in [-0.4, -0.2) is 21.4 Å². The highest BCUT2D eigenvalue weighted by Crippen LogP contribution is 2.40. The van der Waals surface area contributed by atoms with Crippen molar-refractivity contribution in [3.63, 3.8) is 0 Å². The van der Waals surface area contributed by atoms with Gasteiger partial charge in [0.25, 0.3) is 0 Å². The van der Waals surface area contributed by atoms with E-state index < -0.39 is 0 Å². The van der Waals surface area contributed by atoms with Crippen molar-refractivity contribution in [2.24, 2.45) is 4.99 Å². The molecule has 1 aromatic carbocycles. The van der Waals surface area contributed by atoms with Crippen LogP contribution in [0.15, 0.2) is 41.7 Å². The van der Waals surface area contributed by atoms with E-state index in [9.17, 15) is 0 Å². The van der Waals surface area contributed by atoms with Crippen molar-refractivity contribution >= 4 is 33.4 Å². The molecule has 0 saturated heterocycles. The highest BCUT2D eigenvalue weighted by Gasteiger charge is 2.36. The second kappa shape index (κ2) is 5.34. The van der Waals surface area contributed by atoms with Crippen LogP contribution in [0.25, 0.3) is 10.8 Å². The first-order valence-corrected chi connectivity index (χ1v) is 8.66. The number of pyridine rings is 1. The summed E-state index contributed by atoms with van der Waals surface area (Å²) in [5.41, 5.74) is 1.33. The van der Waals surface area contributed by atoms with Crippen LogP contribution in [0.4, 0.5) is 5.69 Å². The molecular weight excluding hydrogens is 278 g/mol. The van der Waals surface area contributed by atoms with Gasteiger partial charge in [-0.1, -0.05) is 43.2 Å². The van der Waals surface area contributed by atoms with Crippen molar-refractivity contribution in [2.75, 3.05) is 11.1 Å². The van der Waals surface area contributed by atoms with Crippen LogP contribution in [-0.2, 0) is 0 Å². The van der Waals surface area contributed by atoms with Gasteiger partial charge in [0.2, 0.25) is 0 Å². The van der Waals surface area contributed by atoms with E-state index in [0.29, 0.717) is 0 Å². The maximum atomic E-state index is 5.03. The molecule has 0 atom stereocenters. The molecular formula is C17H19N3S. The van der Waals surface area contributed by atoms with E-state index in [4.69, 9.17) is 4.99 Å². The van der Waals surface area contributed by atoms with Gasteiger partial charge < -0.3 is 5.32 Å². The van der Waals surface area contributed by atoms with Crippen molar-refractivity contribution in [1.29, 1.82) is 0 Å². The summed E-state index contributed by atoms with van der Waals surface area (Å²) < 4.78 is 0. The van der Waals surface area contributed by atoms with Crippen molar-refractivity contribution in [2.45, 2.75) is 37.6 Å². The largest absolute Gasteiger partial charge is 0.334 e. The van der Waals surface area contributed by atoms with Gasteiger partial charge in [-0.05, 0) is 30.4 Å². The lowest BCUT2D eigenvalue weighted by molar-refractivity contribution is 0.335. The number of anilines is 1. The Bertz CT molecular complexity index is 684. The zero-order chi connectivity index (χ0) is 14.1. The molecule has 1 saturated carbocycles. The van der Waals surface area contributed by atoms with Gasteiger partial charge in [-0.2, -0.15) is 0 Å². The number of benzene rings is 1. The second-order valence-electron chi connectivity index (χ2n) is 6.02. The van der Waals surface area contributed by atoms with E-state index in [0.717, 1.165) is 22.0 Å². The summed E-state index contributed by atoms with van der Waals surface area (Å²) >= 11 is 1.87. The Labute approximate surface area is 129 Å². The molecule has 1 aliphatic heterocycles. The SMILES string of the molecule is c1cc(NC2=NC3(CCCCC3)CS2)c2cnccc2c1. The molecule has 2 aliphatic rings. The van der Waals surface area contributed by atoms with Gasteiger partial charge in [0, 0.05) is 29.2 Å². The van der Waals surface area contributed by atoms with Crippen LogP contribution in [0.2, 0.25) is 0 Å². The van der Waals surface area contributed by atoms with Crippen molar-refractivity contribution in [3.05, 3.63) is 36.7 Å². The van der Waals surface area contributed by atoms with Gasteiger partial charge in [0.15, 0.2) is 5.17 Å². The van der Waals surface area contributed by atoms with Gasteiger partial charge >= 0.3 is 0 Å². The smallest absolute Gasteiger partial charge is 0.161 e.